The molecule has 3 heterocycles. The number of hydrogen-bond acceptors (Lipinski definition) is 4. The van der Waals surface area contributed by atoms with Crippen LogP contribution < -0.4 is 5.32 Å². The van der Waals surface area contributed by atoms with Crippen molar-refractivity contribution >= 4 is 23.1 Å². The molecule has 0 saturated heterocycles. The third-order valence-corrected chi connectivity index (χ3v) is 5.22. The molecule has 158 valence electrons. The number of fused-ring (bicyclic) bond motifs is 1. The van der Waals surface area contributed by atoms with E-state index in [0.29, 0.717) is 24.4 Å². The second-order valence-corrected chi connectivity index (χ2v) is 7.14. The van der Waals surface area contributed by atoms with Gasteiger partial charge in [-0.3, -0.25) is 14.3 Å². The lowest BCUT2D eigenvalue weighted by Crippen LogP contribution is -2.32. The van der Waals surface area contributed by atoms with Gasteiger partial charge in [0.1, 0.15) is 11.3 Å². The van der Waals surface area contributed by atoms with Crippen LogP contribution in [0.5, 0.6) is 0 Å². The molecule has 0 atom stereocenters. The lowest BCUT2D eigenvalue weighted by atomic mass is 10.2. The molecule has 0 spiro atoms. The lowest BCUT2D eigenvalue weighted by Gasteiger charge is -2.18. The van der Waals surface area contributed by atoms with Crippen molar-refractivity contribution in [2.45, 2.75) is 13.8 Å². The number of pyridine rings is 1. The van der Waals surface area contributed by atoms with Crippen molar-refractivity contribution in [3.8, 4) is 11.3 Å². The fourth-order valence-corrected chi connectivity index (χ4v) is 3.54. The summed E-state index contributed by atoms with van der Waals surface area (Å²) in [4.78, 5) is 32.1. The van der Waals surface area contributed by atoms with E-state index in [1.165, 1.54) is 10.9 Å². The number of hydrogen-bond donors (Lipinski definition) is 1. The summed E-state index contributed by atoms with van der Waals surface area (Å²) in [6.45, 7) is 4.93. The first-order valence-electron chi connectivity index (χ1n) is 10.2. The number of anilines is 1. The summed E-state index contributed by atoms with van der Waals surface area (Å²) in [6.07, 6.45) is 5.23. The molecule has 0 unspecified atom stereocenters. The molecule has 3 aromatic heterocycles. The van der Waals surface area contributed by atoms with Crippen LogP contribution in [0.15, 0.2) is 61.1 Å². The van der Waals surface area contributed by atoms with Crippen LogP contribution in [0.3, 0.4) is 0 Å². The van der Waals surface area contributed by atoms with E-state index in [4.69, 9.17) is 0 Å². The number of benzene rings is 1. The van der Waals surface area contributed by atoms with Gasteiger partial charge in [0.15, 0.2) is 0 Å². The molecule has 0 fully saturated rings. The Morgan fingerprint density at radius 2 is 1.84 bits per heavy atom. The zero-order chi connectivity index (χ0) is 22.0. The molecule has 0 radical (unpaired) electrons. The maximum atomic E-state index is 13.0. The zero-order valence-corrected chi connectivity index (χ0v) is 17.7. The summed E-state index contributed by atoms with van der Waals surface area (Å²) in [6, 6.07) is 13.5. The van der Waals surface area contributed by atoms with Crippen LogP contribution in [0.25, 0.3) is 16.9 Å². The Bertz CT molecular complexity index is 1240. The minimum Gasteiger partial charge on any atom is -0.339 e. The van der Waals surface area contributed by atoms with E-state index < -0.39 is 5.91 Å². The second-order valence-electron chi connectivity index (χ2n) is 7.14. The molecule has 8 nitrogen and oxygen atoms in total. The van der Waals surface area contributed by atoms with Crippen LogP contribution in [-0.2, 0) is 7.05 Å². The van der Waals surface area contributed by atoms with E-state index in [9.17, 15) is 9.59 Å². The zero-order valence-electron chi connectivity index (χ0n) is 17.7. The maximum absolute atomic E-state index is 13.0. The van der Waals surface area contributed by atoms with Crippen molar-refractivity contribution in [1.29, 1.82) is 0 Å². The van der Waals surface area contributed by atoms with Crippen molar-refractivity contribution in [2.75, 3.05) is 18.4 Å². The first kappa shape index (κ1) is 20.3. The summed E-state index contributed by atoms with van der Waals surface area (Å²) in [5, 5.41) is 7.00. The van der Waals surface area contributed by atoms with Gasteiger partial charge in [-0.05, 0) is 19.9 Å². The van der Waals surface area contributed by atoms with E-state index >= 15 is 0 Å². The Morgan fingerprint density at radius 1 is 1.10 bits per heavy atom. The van der Waals surface area contributed by atoms with Gasteiger partial charge in [0, 0.05) is 49.8 Å². The highest BCUT2D eigenvalue weighted by molar-refractivity contribution is 6.11. The minimum atomic E-state index is -0.394. The summed E-state index contributed by atoms with van der Waals surface area (Å²) < 4.78 is 3.32. The fourth-order valence-electron chi connectivity index (χ4n) is 3.54. The van der Waals surface area contributed by atoms with Crippen LogP contribution in [0.2, 0.25) is 0 Å². The molecule has 8 heteroatoms. The van der Waals surface area contributed by atoms with Crippen LogP contribution in [0.4, 0.5) is 5.69 Å². The molecule has 1 aromatic carbocycles. The van der Waals surface area contributed by atoms with Crippen LogP contribution in [-0.4, -0.2) is 49.0 Å². The molecule has 0 bridgehead atoms. The number of nitrogens with zero attached hydrogens (tertiary/aromatic N) is 5. The van der Waals surface area contributed by atoms with Crippen LogP contribution in [0, 0.1) is 0 Å². The van der Waals surface area contributed by atoms with Gasteiger partial charge in [-0.1, -0.05) is 30.3 Å². The van der Waals surface area contributed by atoms with Crippen molar-refractivity contribution in [3.05, 3.63) is 72.3 Å². The Hall–Kier alpha value is -3.94. The SMILES string of the molecule is CCN(CC)C(=O)c1cnn(C)c1C(=O)Nc1ccn2cc(-c3ccccc3)nc2c1. The highest BCUT2D eigenvalue weighted by Gasteiger charge is 2.25. The van der Waals surface area contributed by atoms with E-state index in [-0.39, 0.29) is 17.2 Å². The third kappa shape index (κ3) is 3.92. The minimum absolute atomic E-state index is 0.209. The summed E-state index contributed by atoms with van der Waals surface area (Å²) in [5.74, 6) is -0.603. The van der Waals surface area contributed by atoms with E-state index in [0.717, 1.165) is 11.3 Å². The molecule has 2 amide bonds. The number of amides is 2. The molecule has 4 aromatic rings. The average Bonchev–Trinajstić information content (AvgIpc) is 3.38. The average molecular weight is 416 g/mol. The molecule has 4 rings (SSSR count). The van der Waals surface area contributed by atoms with Crippen molar-refractivity contribution in [2.24, 2.45) is 7.05 Å². The number of nitrogens with one attached hydrogen (secondary N) is 1. The number of aromatic nitrogens is 4. The smallest absolute Gasteiger partial charge is 0.274 e. The monoisotopic (exact) mass is 416 g/mol. The number of carbonyl (C=O) groups is 2. The van der Waals surface area contributed by atoms with Crippen molar-refractivity contribution in [3.63, 3.8) is 0 Å². The normalized spacial score (nSPS) is 10.9. The lowest BCUT2D eigenvalue weighted by molar-refractivity contribution is 0.0767. The first-order chi connectivity index (χ1) is 15.0. The topological polar surface area (TPSA) is 84.5 Å². The Labute approximate surface area is 180 Å². The quantitative estimate of drug-likeness (QED) is 0.522. The van der Waals surface area contributed by atoms with E-state index in [1.54, 1.807) is 24.1 Å². The highest BCUT2D eigenvalue weighted by Crippen LogP contribution is 2.21. The van der Waals surface area contributed by atoms with Gasteiger partial charge in [-0.15, -0.1) is 0 Å². The Morgan fingerprint density at radius 3 is 2.55 bits per heavy atom. The standard InChI is InChI=1S/C23H24N6O2/c1-4-28(5-2)23(31)18-14-24-27(3)21(18)22(30)25-17-11-12-29-15-19(26-20(29)13-17)16-9-7-6-8-10-16/h6-15H,4-5H2,1-3H3,(H,25,30). The predicted molar refractivity (Wildman–Crippen MR) is 119 cm³/mol. The molecule has 0 aliphatic carbocycles. The maximum Gasteiger partial charge on any atom is 0.274 e. The summed E-state index contributed by atoms with van der Waals surface area (Å²) >= 11 is 0. The van der Waals surface area contributed by atoms with Gasteiger partial charge in [0.25, 0.3) is 11.8 Å². The van der Waals surface area contributed by atoms with E-state index in [2.05, 4.69) is 15.4 Å². The molecular formula is C23H24N6O2. The van der Waals surface area contributed by atoms with Gasteiger partial charge in [0.05, 0.1) is 17.5 Å². The molecule has 0 saturated carbocycles. The number of imidazole rings is 1. The van der Waals surface area contributed by atoms with Gasteiger partial charge in [-0.2, -0.15) is 5.10 Å². The van der Waals surface area contributed by atoms with Crippen LogP contribution in [0.1, 0.15) is 34.7 Å². The molecule has 0 aliphatic rings. The molecule has 0 aliphatic heterocycles. The Balaban J connectivity index is 1.61. The molecule has 1 N–H and O–H groups in total. The first-order valence-corrected chi connectivity index (χ1v) is 10.2. The van der Waals surface area contributed by atoms with Gasteiger partial charge in [-0.25, -0.2) is 4.98 Å². The predicted octanol–water partition coefficient (Wildman–Crippen LogP) is 3.47. The number of aryl methyl sites for hydroxylation is 1. The van der Waals surface area contributed by atoms with Gasteiger partial charge >= 0.3 is 0 Å². The third-order valence-electron chi connectivity index (χ3n) is 5.22. The summed E-state index contributed by atoms with van der Waals surface area (Å²) in [5.41, 5.74) is 3.68. The number of carbonyl (C=O) groups excluding carboxylic acids is 2. The Kier molecular flexibility index (Phi) is 5.53. The number of rotatable bonds is 6. The second kappa shape index (κ2) is 8.43. The van der Waals surface area contributed by atoms with Gasteiger partial charge in [0.2, 0.25) is 0 Å². The largest absolute Gasteiger partial charge is 0.339 e. The van der Waals surface area contributed by atoms with Crippen LogP contribution >= 0.6 is 0 Å². The fraction of sp³-hybridized carbons (Fsp3) is 0.217. The summed E-state index contributed by atoms with van der Waals surface area (Å²) in [7, 11) is 1.65. The van der Waals surface area contributed by atoms with Crippen molar-refractivity contribution < 1.29 is 9.59 Å². The molecule has 31 heavy (non-hydrogen) atoms. The van der Waals surface area contributed by atoms with E-state index in [1.807, 2.05) is 61.0 Å². The molecular weight excluding hydrogens is 392 g/mol. The highest BCUT2D eigenvalue weighted by atomic mass is 16.2. The van der Waals surface area contributed by atoms with Crippen molar-refractivity contribution in [1.82, 2.24) is 24.1 Å². The van der Waals surface area contributed by atoms with Gasteiger partial charge < -0.3 is 14.6 Å².